The second kappa shape index (κ2) is 29.0. The average Bonchev–Trinajstić information content (AvgIpc) is 1.54. The molecule has 560 valence electrons. The second-order valence-corrected chi connectivity index (χ2v) is 33.1. The van der Waals surface area contributed by atoms with Crippen molar-refractivity contribution in [1.82, 2.24) is 29.9 Å². The van der Waals surface area contributed by atoms with Crippen LogP contribution in [0.5, 0.6) is 0 Å². The van der Waals surface area contributed by atoms with E-state index in [9.17, 15) is 0 Å². The zero-order valence-corrected chi connectivity index (χ0v) is 66.5. The fraction of sp³-hybridized carbons (Fsp3) is 0.0179. The summed E-state index contributed by atoms with van der Waals surface area (Å²) in [5.74, 6) is 3.90. The highest BCUT2D eigenvalue weighted by Crippen LogP contribution is 2.59. The summed E-state index contributed by atoms with van der Waals surface area (Å²) in [4.78, 5) is 30.3. The van der Waals surface area contributed by atoms with Gasteiger partial charge in [0.1, 0.15) is 0 Å². The molecular formula is C112H70N6S2. The molecule has 0 fully saturated rings. The third kappa shape index (κ3) is 11.5. The van der Waals surface area contributed by atoms with E-state index in [1.165, 1.54) is 129 Å². The third-order valence-electron chi connectivity index (χ3n) is 24.5. The second-order valence-electron chi connectivity index (χ2n) is 31.0. The lowest BCUT2D eigenvalue weighted by molar-refractivity contribution is 0.770. The van der Waals surface area contributed by atoms with Crippen LogP contribution in [-0.2, 0) is 10.8 Å². The van der Waals surface area contributed by atoms with E-state index >= 15 is 0 Å². The average molecular weight is 1560 g/mol. The quantitative estimate of drug-likeness (QED) is 0.121. The highest BCUT2D eigenvalue weighted by molar-refractivity contribution is 7.26. The molecule has 0 N–H and O–H groups in total. The van der Waals surface area contributed by atoms with Crippen molar-refractivity contribution >= 4 is 84.6 Å². The molecule has 0 atom stereocenters. The highest BCUT2D eigenvalue weighted by Gasteiger charge is 2.48. The minimum absolute atomic E-state index is 0.456. The van der Waals surface area contributed by atoms with Gasteiger partial charge in [0, 0.05) is 73.7 Å². The Balaban J connectivity index is 0.000000140. The SMILES string of the molecule is c1ccc(-c2nc(-c3ccc(-c4cccc5sc6ccc(C7(c8ccccc8)c8ccccc8-c8ccccc87)cc6c45)cc3)nc(-c3ccc4ccccc4c3)n2)cc1.c1ccc(-c2nc(-c3ccccc3)nc(-c3cccc4c(-c5cccc6sc7ccc(C8(c9ccccc9)c9ccccc9-c9ccccc98)cc7c56)cccc34)n2)cc1. The number of thiophene rings is 2. The van der Waals surface area contributed by atoms with Crippen LogP contribution in [0.1, 0.15) is 44.5 Å². The van der Waals surface area contributed by atoms with Gasteiger partial charge in [-0.05, 0) is 153 Å². The van der Waals surface area contributed by atoms with Gasteiger partial charge in [-0.15, -0.1) is 22.7 Å². The normalized spacial score (nSPS) is 12.8. The number of benzene rings is 18. The summed E-state index contributed by atoms with van der Waals surface area (Å²) in [6, 6.07) is 153. The van der Waals surface area contributed by atoms with Crippen molar-refractivity contribution in [2.45, 2.75) is 10.8 Å². The number of hydrogen-bond acceptors (Lipinski definition) is 8. The van der Waals surface area contributed by atoms with E-state index in [4.69, 9.17) is 29.9 Å². The van der Waals surface area contributed by atoms with Crippen molar-refractivity contribution in [3.63, 3.8) is 0 Å². The molecule has 8 heteroatoms. The number of nitrogens with zero attached hydrogens (tertiary/aromatic N) is 6. The molecule has 2 aliphatic rings. The zero-order valence-electron chi connectivity index (χ0n) is 64.9. The third-order valence-corrected chi connectivity index (χ3v) is 26.7. The number of aromatic nitrogens is 6. The Bertz CT molecular complexity index is 7630. The maximum atomic E-state index is 5.12. The van der Waals surface area contributed by atoms with Crippen molar-refractivity contribution in [2.75, 3.05) is 0 Å². The largest absolute Gasteiger partial charge is 0.208 e. The van der Waals surface area contributed by atoms with Gasteiger partial charge in [-0.2, -0.15) is 0 Å². The van der Waals surface area contributed by atoms with Gasteiger partial charge < -0.3 is 0 Å². The van der Waals surface area contributed by atoms with E-state index in [0.29, 0.717) is 34.9 Å². The summed E-state index contributed by atoms with van der Waals surface area (Å²) in [6.45, 7) is 0. The smallest absolute Gasteiger partial charge is 0.164 e. The van der Waals surface area contributed by atoms with E-state index < -0.39 is 10.8 Å². The van der Waals surface area contributed by atoms with Crippen LogP contribution in [0.2, 0.25) is 0 Å². The minimum atomic E-state index is -0.470. The Labute approximate surface area is 702 Å². The molecule has 24 rings (SSSR count). The summed E-state index contributed by atoms with van der Waals surface area (Å²) in [6.07, 6.45) is 0. The van der Waals surface area contributed by atoms with E-state index in [0.717, 1.165) is 55.1 Å². The molecule has 0 saturated heterocycles. The van der Waals surface area contributed by atoms with Gasteiger partial charge in [0.15, 0.2) is 34.9 Å². The van der Waals surface area contributed by atoms with E-state index in [-0.39, 0.29) is 0 Å². The van der Waals surface area contributed by atoms with Crippen LogP contribution >= 0.6 is 22.7 Å². The predicted octanol–water partition coefficient (Wildman–Crippen LogP) is 28.8. The Morgan fingerprint density at radius 2 is 0.492 bits per heavy atom. The molecule has 6 nitrogen and oxygen atoms in total. The first-order valence-corrected chi connectivity index (χ1v) is 42.3. The molecule has 0 spiro atoms. The lowest BCUT2D eigenvalue weighted by atomic mass is 9.67. The lowest BCUT2D eigenvalue weighted by Gasteiger charge is -2.34. The van der Waals surface area contributed by atoms with Gasteiger partial charge in [-0.25, -0.2) is 29.9 Å². The molecular weight excluding hydrogens is 1490 g/mol. The van der Waals surface area contributed by atoms with E-state index in [2.05, 4.69) is 370 Å². The Morgan fingerprint density at radius 1 is 0.167 bits per heavy atom. The topological polar surface area (TPSA) is 77.3 Å². The first-order chi connectivity index (χ1) is 59.5. The van der Waals surface area contributed by atoms with Crippen LogP contribution in [0.25, 0.3) is 175 Å². The predicted molar refractivity (Wildman–Crippen MR) is 499 cm³/mol. The van der Waals surface area contributed by atoms with Gasteiger partial charge in [0.05, 0.1) is 10.8 Å². The summed E-state index contributed by atoms with van der Waals surface area (Å²) >= 11 is 3.73. The molecule has 22 aromatic rings. The summed E-state index contributed by atoms with van der Waals surface area (Å²) in [5.41, 5.74) is 25.1. The molecule has 0 saturated carbocycles. The first kappa shape index (κ1) is 70.4. The summed E-state index contributed by atoms with van der Waals surface area (Å²) < 4.78 is 5.10. The van der Waals surface area contributed by atoms with Gasteiger partial charge in [-0.3, -0.25) is 0 Å². The van der Waals surface area contributed by atoms with E-state index in [1.807, 2.05) is 77.3 Å². The van der Waals surface area contributed by atoms with Crippen LogP contribution in [0.4, 0.5) is 0 Å². The molecule has 0 aliphatic heterocycles. The number of hydrogen-bond donors (Lipinski definition) is 0. The monoisotopic (exact) mass is 1560 g/mol. The highest BCUT2D eigenvalue weighted by atomic mass is 32.1. The van der Waals surface area contributed by atoms with Crippen LogP contribution in [-0.4, -0.2) is 29.9 Å². The molecule has 2 aliphatic carbocycles. The molecule has 4 heterocycles. The van der Waals surface area contributed by atoms with Crippen LogP contribution in [0.15, 0.2) is 425 Å². The van der Waals surface area contributed by atoms with E-state index in [1.54, 1.807) is 0 Å². The molecule has 120 heavy (non-hydrogen) atoms. The zero-order chi connectivity index (χ0) is 79.2. The van der Waals surface area contributed by atoms with Crippen molar-refractivity contribution in [2.24, 2.45) is 0 Å². The fourth-order valence-electron chi connectivity index (χ4n) is 19.2. The molecule has 18 aromatic carbocycles. The Hall–Kier alpha value is -15.1. The number of rotatable bonds is 12. The number of fused-ring (bicyclic) bond motifs is 14. The van der Waals surface area contributed by atoms with Crippen molar-refractivity contribution in [3.05, 3.63) is 469 Å². The molecule has 0 amide bonds. The van der Waals surface area contributed by atoms with Crippen molar-refractivity contribution in [3.8, 4) is 113 Å². The van der Waals surface area contributed by atoms with Gasteiger partial charge in [-0.1, -0.05) is 382 Å². The maximum absolute atomic E-state index is 5.12. The Morgan fingerprint density at radius 3 is 0.958 bits per heavy atom. The lowest BCUT2D eigenvalue weighted by Crippen LogP contribution is -2.28. The van der Waals surface area contributed by atoms with Crippen LogP contribution < -0.4 is 0 Å². The minimum Gasteiger partial charge on any atom is -0.208 e. The molecule has 0 bridgehead atoms. The molecule has 0 radical (unpaired) electrons. The summed E-state index contributed by atoms with van der Waals surface area (Å²) in [7, 11) is 0. The van der Waals surface area contributed by atoms with Gasteiger partial charge in [0.25, 0.3) is 0 Å². The standard InChI is InChI=1S/2C56H35N3S/c1-4-17-36(18-5-1)53-57-54(37-19-6-2-7-20-37)59-55(58-53)46-29-15-25-40-41(26-14-27-42(40)46)45-28-16-32-51-52(45)47-35-39(33-34-50(47)60-51)56(38-21-8-3-9-22-38)48-30-12-10-23-43(48)44-24-11-13-31-49(44)56;1-3-15-38(16-4-1)53-57-54(59-55(58-53)41-31-26-36-14-7-8-17-40(36)34-41)39-29-27-37(28-30-39)44-22-13-25-51-52(44)47-35-43(32-33-50(47)60-51)56(42-18-5-2-6-19-42)48-23-11-9-20-45(48)46-21-10-12-24-49(46)56/h2*1-35H. The van der Waals surface area contributed by atoms with Crippen molar-refractivity contribution < 1.29 is 0 Å². The molecule has 0 unspecified atom stereocenters. The maximum Gasteiger partial charge on any atom is 0.164 e. The molecule has 4 aromatic heterocycles. The van der Waals surface area contributed by atoms with Crippen LogP contribution in [0.3, 0.4) is 0 Å². The Kier molecular flexibility index (Phi) is 17.0. The van der Waals surface area contributed by atoms with Gasteiger partial charge >= 0.3 is 0 Å². The van der Waals surface area contributed by atoms with Crippen molar-refractivity contribution in [1.29, 1.82) is 0 Å². The first-order valence-electron chi connectivity index (χ1n) is 40.7. The summed E-state index contributed by atoms with van der Waals surface area (Å²) in [5, 5.41) is 9.68. The van der Waals surface area contributed by atoms with Gasteiger partial charge in [0.2, 0.25) is 0 Å². The fourth-order valence-corrected chi connectivity index (χ4v) is 21.4. The van der Waals surface area contributed by atoms with Crippen LogP contribution in [0, 0.1) is 0 Å².